The molecule has 2 aromatic rings. The maximum Gasteiger partial charge on any atom is 0.258 e. The highest BCUT2D eigenvalue weighted by atomic mass is 79.9. The standard InChI is InChI=1S/C12H9BrClN3O/c13-7-1-4-11(16-6-7)17-12(18)9-5-8(15)2-3-10(9)14/h1-6H,15H2,(H,16,17,18). The summed E-state index contributed by atoms with van der Waals surface area (Å²) in [5.41, 5.74) is 6.42. The summed E-state index contributed by atoms with van der Waals surface area (Å²) in [4.78, 5) is 16.0. The molecule has 4 nitrogen and oxygen atoms in total. The lowest BCUT2D eigenvalue weighted by molar-refractivity contribution is 0.102. The molecule has 6 heteroatoms. The van der Waals surface area contributed by atoms with Gasteiger partial charge in [-0.1, -0.05) is 11.6 Å². The van der Waals surface area contributed by atoms with Crippen LogP contribution >= 0.6 is 27.5 Å². The highest BCUT2D eigenvalue weighted by molar-refractivity contribution is 9.10. The first-order chi connectivity index (χ1) is 8.56. The second kappa shape index (κ2) is 5.37. The molecule has 0 bridgehead atoms. The summed E-state index contributed by atoms with van der Waals surface area (Å²) in [6, 6.07) is 8.21. The molecular formula is C12H9BrClN3O. The Morgan fingerprint density at radius 1 is 1.33 bits per heavy atom. The van der Waals surface area contributed by atoms with Crippen LogP contribution in [0.3, 0.4) is 0 Å². The average Bonchev–Trinajstić information content (AvgIpc) is 2.35. The van der Waals surface area contributed by atoms with Gasteiger partial charge in [0.05, 0.1) is 10.6 Å². The number of rotatable bonds is 2. The topological polar surface area (TPSA) is 68.0 Å². The highest BCUT2D eigenvalue weighted by Gasteiger charge is 2.11. The molecule has 0 radical (unpaired) electrons. The third kappa shape index (κ3) is 3.00. The van der Waals surface area contributed by atoms with Crippen molar-refractivity contribution in [2.45, 2.75) is 0 Å². The van der Waals surface area contributed by atoms with Gasteiger partial charge < -0.3 is 11.1 Å². The van der Waals surface area contributed by atoms with Crippen molar-refractivity contribution in [3.05, 3.63) is 51.6 Å². The Labute approximate surface area is 117 Å². The molecule has 0 aliphatic rings. The van der Waals surface area contributed by atoms with E-state index in [2.05, 4.69) is 26.2 Å². The van der Waals surface area contributed by atoms with Crippen molar-refractivity contribution in [3.8, 4) is 0 Å². The lowest BCUT2D eigenvalue weighted by Gasteiger charge is -2.06. The normalized spacial score (nSPS) is 10.1. The number of nitrogens with one attached hydrogen (secondary N) is 1. The number of nitrogens with zero attached hydrogens (tertiary/aromatic N) is 1. The number of hydrogen-bond acceptors (Lipinski definition) is 3. The Hall–Kier alpha value is -1.59. The van der Waals surface area contributed by atoms with E-state index >= 15 is 0 Å². The molecule has 1 heterocycles. The fourth-order valence-corrected chi connectivity index (χ4v) is 1.79. The average molecular weight is 327 g/mol. The molecule has 18 heavy (non-hydrogen) atoms. The summed E-state index contributed by atoms with van der Waals surface area (Å²) >= 11 is 9.20. The monoisotopic (exact) mass is 325 g/mol. The molecule has 3 N–H and O–H groups in total. The highest BCUT2D eigenvalue weighted by Crippen LogP contribution is 2.20. The van der Waals surface area contributed by atoms with Gasteiger partial charge in [0, 0.05) is 16.4 Å². The van der Waals surface area contributed by atoms with Crippen molar-refractivity contribution in [1.29, 1.82) is 0 Å². The number of anilines is 2. The van der Waals surface area contributed by atoms with Crippen LogP contribution in [-0.2, 0) is 0 Å². The van der Waals surface area contributed by atoms with Crippen molar-refractivity contribution in [3.63, 3.8) is 0 Å². The third-order valence-electron chi connectivity index (χ3n) is 2.20. The number of benzene rings is 1. The summed E-state index contributed by atoms with van der Waals surface area (Å²) in [5.74, 6) is 0.101. The Bertz CT molecular complexity index is 586. The van der Waals surface area contributed by atoms with E-state index in [0.29, 0.717) is 22.1 Å². The van der Waals surface area contributed by atoms with E-state index in [0.717, 1.165) is 4.47 Å². The Kier molecular flexibility index (Phi) is 3.84. The van der Waals surface area contributed by atoms with Gasteiger partial charge in [0.2, 0.25) is 0 Å². The van der Waals surface area contributed by atoms with Gasteiger partial charge in [-0.15, -0.1) is 0 Å². The molecule has 0 saturated heterocycles. The van der Waals surface area contributed by atoms with Gasteiger partial charge in [0.25, 0.3) is 5.91 Å². The number of carbonyl (C=O) groups is 1. The van der Waals surface area contributed by atoms with Gasteiger partial charge in [0.1, 0.15) is 5.82 Å². The van der Waals surface area contributed by atoms with E-state index in [4.69, 9.17) is 17.3 Å². The summed E-state index contributed by atoms with van der Waals surface area (Å²) in [6.45, 7) is 0. The summed E-state index contributed by atoms with van der Waals surface area (Å²) in [5, 5.41) is 2.99. The zero-order valence-electron chi connectivity index (χ0n) is 9.15. The first kappa shape index (κ1) is 12.9. The lowest BCUT2D eigenvalue weighted by Crippen LogP contribution is -2.13. The van der Waals surface area contributed by atoms with Crippen molar-refractivity contribution >= 4 is 44.9 Å². The lowest BCUT2D eigenvalue weighted by atomic mass is 10.2. The predicted molar refractivity (Wildman–Crippen MR) is 75.8 cm³/mol. The number of amides is 1. The van der Waals surface area contributed by atoms with Gasteiger partial charge in [-0.25, -0.2) is 4.98 Å². The number of hydrogen-bond donors (Lipinski definition) is 2. The molecule has 0 saturated carbocycles. The Morgan fingerprint density at radius 3 is 2.78 bits per heavy atom. The van der Waals surface area contributed by atoms with E-state index in [1.807, 2.05) is 0 Å². The molecule has 1 amide bonds. The zero-order valence-corrected chi connectivity index (χ0v) is 11.5. The molecule has 2 rings (SSSR count). The van der Waals surface area contributed by atoms with E-state index in [1.165, 1.54) is 6.07 Å². The molecule has 1 aromatic carbocycles. The van der Waals surface area contributed by atoms with Crippen LogP contribution in [0.15, 0.2) is 41.0 Å². The van der Waals surface area contributed by atoms with Gasteiger partial charge >= 0.3 is 0 Å². The smallest absolute Gasteiger partial charge is 0.258 e. The van der Waals surface area contributed by atoms with Crippen LogP contribution in [0.2, 0.25) is 5.02 Å². The van der Waals surface area contributed by atoms with Crippen molar-refractivity contribution in [2.75, 3.05) is 11.1 Å². The Balaban J connectivity index is 2.21. The van der Waals surface area contributed by atoms with Gasteiger partial charge in [-0.3, -0.25) is 4.79 Å². The van der Waals surface area contributed by atoms with Gasteiger partial charge in [0.15, 0.2) is 0 Å². The van der Waals surface area contributed by atoms with Crippen LogP contribution in [0, 0.1) is 0 Å². The maximum absolute atomic E-state index is 12.0. The molecule has 0 atom stereocenters. The predicted octanol–water partition coefficient (Wildman–Crippen LogP) is 3.33. The second-order valence-electron chi connectivity index (χ2n) is 3.56. The van der Waals surface area contributed by atoms with E-state index in [-0.39, 0.29) is 5.91 Å². The number of aromatic nitrogens is 1. The van der Waals surface area contributed by atoms with Crippen LogP contribution in [-0.4, -0.2) is 10.9 Å². The minimum Gasteiger partial charge on any atom is -0.399 e. The third-order valence-corrected chi connectivity index (χ3v) is 3.00. The number of carbonyl (C=O) groups excluding carboxylic acids is 1. The first-order valence-electron chi connectivity index (χ1n) is 5.04. The van der Waals surface area contributed by atoms with E-state index < -0.39 is 0 Å². The summed E-state index contributed by atoms with van der Waals surface area (Å²) in [7, 11) is 0. The molecule has 0 spiro atoms. The van der Waals surface area contributed by atoms with Crippen molar-refractivity contribution in [2.24, 2.45) is 0 Å². The summed E-state index contributed by atoms with van der Waals surface area (Å²) < 4.78 is 0.836. The van der Waals surface area contributed by atoms with Crippen LogP contribution in [0.5, 0.6) is 0 Å². The Morgan fingerprint density at radius 2 is 2.11 bits per heavy atom. The minimum absolute atomic E-state index is 0.321. The number of pyridine rings is 1. The maximum atomic E-state index is 12.0. The van der Waals surface area contributed by atoms with Gasteiger partial charge in [-0.05, 0) is 46.3 Å². The number of nitrogens with two attached hydrogens (primary N) is 1. The number of halogens is 2. The molecule has 92 valence electrons. The molecule has 0 aliphatic heterocycles. The quantitative estimate of drug-likeness (QED) is 0.832. The molecule has 0 unspecified atom stereocenters. The molecular weight excluding hydrogens is 318 g/mol. The van der Waals surface area contributed by atoms with Crippen molar-refractivity contribution < 1.29 is 4.79 Å². The second-order valence-corrected chi connectivity index (χ2v) is 4.88. The summed E-state index contributed by atoms with van der Waals surface area (Å²) in [6.07, 6.45) is 1.59. The van der Waals surface area contributed by atoms with E-state index in [9.17, 15) is 4.79 Å². The first-order valence-corrected chi connectivity index (χ1v) is 6.21. The van der Waals surface area contributed by atoms with Crippen LogP contribution in [0.25, 0.3) is 0 Å². The molecule has 0 aliphatic carbocycles. The fourth-order valence-electron chi connectivity index (χ4n) is 1.35. The number of nitrogen functional groups attached to an aromatic ring is 1. The fraction of sp³-hybridized carbons (Fsp3) is 0. The van der Waals surface area contributed by atoms with Crippen molar-refractivity contribution in [1.82, 2.24) is 4.98 Å². The van der Waals surface area contributed by atoms with Gasteiger partial charge in [-0.2, -0.15) is 0 Å². The van der Waals surface area contributed by atoms with Crippen LogP contribution in [0.1, 0.15) is 10.4 Å². The van der Waals surface area contributed by atoms with Crippen LogP contribution < -0.4 is 11.1 Å². The SMILES string of the molecule is Nc1ccc(Cl)c(C(=O)Nc2ccc(Br)cn2)c1. The van der Waals surface area contributed by atoms with Crippen LogP contribution in [0.4, 0.5) is 11.5 Å². The molecule has 1 aromatic heterocycles. The minimum atomic E-state index is -0.345. The zero-order chi connectivity index (χ0) is 13.1. The largest absolute Gasteiger partial charge is 0.399 e. The molecule has 0 fully saturated rings. The van der Waals surface area contributed by atoms with E-state index in [1.54, 1.807) is 30.5 Å².